The molecular weight excluding hydrogens is 398 g/mol. The zero-order valence-corrected chi connectivity index (χ0v) is 18.7. The van der Waals surface area contributed by atoms with Crippen LogP contribution >= 0.6 is 0 Å². The summed E-state index contributed by atoms with van der Waals surface area (Å²) in [5.74, 6) is 0. The normalized spacial score (nSPS) is 10.2. The van der Waals surface area contributed by atoms with Gasteiger partial charge in [-0.25, -0.2) is 9.97 Å². The number of aromatic nitrogens is 4. The summed E-state index contributed by atoms with van der Waals surface area (Å²) in [7, 11) is 4.04. The van der Waals surface area contributed by atoms with Crippen molar-refractivity contribution in [3.05, 3.63) is 95.6 Å². The summed E-state index contributed by atoms with van der Waals surface area (Å²) >= 11 is 0. The lowest BCUT2D eigenvalue weighted by molar-refractivity contribution is 0.393. The van der Waals surface area contributed by atoms with Crippen LogP contribution in [0.5, 0.6) is 0 Å². The van der Waals surface area contributed by atoms with Gasteiger partial charge in [0, 0.05) is 12.7 Å². The molecule has 0 spiro atoms. The maximum Gasteiger partial charge on any atom is 0.101 e. The van der Waals surface area contributed by atoms with E-state index in [1.165, 1.54) is 0 Å². The van der Waals surface area contributed by atoms with Crippen molar-refractivity contribution in [3.63, 3.8) is 0 Å². The number of rotatable bonds is 4. The molecule has 0 atom stereocenters. The molecule has 7 heteroatoms. The average molecular weight is 424 g/mol. The van der Waals surface area contributed by atoms with Crippen LogP contribution in [-0.4, -0.2) is 38.1 Å². The molecule has 160 valence electrons. The predicted octanol–water partition coefficient (Wildman–Crippen LogP) is 4.17. The van der Waals surface area contributed by atoms with Crippen LogP contribution in [-0.2, 0) is 6.54 Å². The minimum absolute atomic E-state index is 0.657. The maximum atomic E-state index is 9.17. The summed E-state index contributed by atoms with van der Waals surface area (Å²) in [4.78, 5) is 10.6. The molecule has 32 heavy (non-hydrogen) atoms. The predicted molar refractivity (Wildman–Crippen MR) is 123 cm³/mol. The van der Waals surface area contributed by atoms with Gasteiger partial charge in [0.2, 0.25) is 0 Å². The van der Waals surface area contributed by atoms with Crippen molar-refractivity contribution < 1.29 is 0 Å². The summed E-state index contributed by atoms with van der Waals surface area (Å²) in [5.41, 5.74) is 6.13. The van der Waals surface area contributed by atoms with Gasteiger partial charge in [-0.1, -0.05) is 24.3 Å². The highest BCUT2D eigenvalue weighted by Gasteiger charge is 2.12. The van der Waals surface area contributed by atoms with E-state index in [4.69, 9.17) is 10.5 Å². The third-order valence-electron chi connectivity index (χ3n) is 4.84. The summed E-state index contributed by atoms with van der Waals surface area (Å²) in [6.07, 6.45) is 5.39. The van der Waals surface area contributed by atoms with E-state index in [1.807, 2.05) is 85.7 Å². The van der Waals surface area contributed by atoms with E-state index in [0.29, 0.717) is 11.1 Å². The Morgan fingerprint density at radius 1 is 0.844 bits per heavy atom. The van der Waals surface area contributed by atoms with E-state index in [2.05, 4.69) is 27.0 Å². The highest BCUT2D eigenvalue weighted by molar-refractivity contribution is 5.50. The molecule has 0 fully saturated rings. The monoisotopic (exact) mass is 423 g/mol. The Hall–Kier alpha value is -4.20. The second-order valence-corrected chi connectivity index (χ2v) is 7.56. The molecule has 0 aliphatic carbocycles. The number of aryl methyl sites for hydroxylation is 2. The van der Waals surface area contributed by atoms with Crippen molar-refractivity contribution in [1.82, 2.24) is 24.0 Å². The zero-order chi connectivity index (χ0) is 23.1. The van der Waals surface area contributed by atoms with Crippen molar-refractivity contribution >= 4 is 0 Å². The standard InChI is InChI=1S/C14H16N4.C11H9N3/c1-11-14(9-17(2)3)18(10-16-11)13-7-5-4-6-12(13)8-15;1-9-7-14(8-13-9)11-5-3-2-4-10(11)6-12/h4-7,10H,9H2,1-3H3;2-5,7-8H,1H3. The fourth-order valence-electron chi connectivity index (χ4n) is 3.29. The number of hydrogen-bond donors (Lipinski definition) is 0. The Bertz CT molecular complexity index is 1280. The topological polar surface area (TPSA) is 86.5 Å². The van der Waals surface area contributed by atoms with Gasteiger partial charge in [0.25, 0.3) is 0 Å². The second-order valence-electron chi connectivity index (χ2n) is 7.56. The van der Waals surface area contributed by atoms with Gasteiger partial charge in [0.05, 0.1) is 52.2 Å². The molecule has 0 aliphatic rings. The number of hydrogen-bond acceptors (Lipinski definition) is 5. The zero-order valence-electron chi connectivity index (χ0n) is 18.7. The Morgan fingerprint density at radius 2 is 1.44 bits per heavy atom. The minimum Gasteiger partial charge on any atom is -0.305 e. The second kappa shape index (κ2) is 10.2. The van der Waals surface area contributed by atoms with E-state index in [-0.39, 0.29) is 0 Å². The highest BCUT2D eigenvalue weighted by atomic mass is 15.1. The Kier molecular flexibility index (Phi) is 7.17. The molecular formula is C25H25N7. The quantitative estimate of drug-likeness (QED) is 0.492. The lowest BCUT2D eigenvalue weighted by Crippen LogP contribution is -2.15. The first-order valence-corrected chi connectivity index (χ1v) is 10.1. The average Bonchev–Trinajstić information content (AvgIpc) is 3.39. The van der Waals surface area contributed by atoms with Gasteiger partial charge >= 0.3 is 0 Å². The van der Waals surface area contributed by atoms with Gasteiger partial charge in [-0.3, -0.25) is 0 Å². The van der Waals surface area contributed by atoms with Crippen LogP contribution in [0.3, 0.4) is 0 Å². The first-order valence-electron chi connectivity index (χ1n) is 10.1. The minimum atomic E-state index is 0.657. The van der Waals surface area contributed by atoms with E-state index >= 15 is 0 Å². The van der Waals surface area contributed by atoms with Crippen molar-refractivity contribution in [2.75, 3.05) is 14.1 Å². The largest absolute Gasteiger partial charge is 0.305 e. The van der Waals surface area contributed by atoms with Gasteiger partial charge in [-0.15, -0.1) is 0 Å². The molecule has 0 saturated carbocycles. The molecule has 0 unspecified atom stereocenters. The molecule has 4 rings (SSSR count). The molecule has 0 saturated heterocycles. The third kappa shape index (κ3) is 5.10. The number of para-hydroxylation sites is 2. The van der Waals surface area contributed by atoms with E-state index in [9.17, 15) is 0 Å². The van der Waals surface area contributed by atoms with Crippen LogP contribution in [0.1, 0.15) is 28.2 Å². The van der Waals surface area contributed by atoms with Gasteiger partial charge < -0.3 is 14.0 Å². The fraction of sp³-hybridized carbons (Fsp3) is 0.200. The van der Waals surface area contributed by atoms with Crippen LogP contribution in [0.2, 0.25) is 0 Å². The molecule has 0 bridgehead atoms. The van der Waals surface area contributed by atoms with E-state index < -0.39 is 0 Å². The smallest absolute Gasteiger partial charge is 0.101 e. The van der Waals surface area contributed by atoms with Crippen molar-refractivity contribution in [3.8, 4) is 23.5 Å². The first-order chi connectivity index (χ1) is 15.4. The van der Waals surface area contributed by atoms with Crippen LogP contribution in [0.25, 0.3) is 11.4 Å². The summed E-state index contributed by atoms with van der Waals surface area (Å²) in [5, 5.41) is 18.1. The van der Waals surface area contributed by atoms with Crippen LogP contribution in [0.4, 0.5) is 0 Å². The van der Waals surface area contributed by atoms with Crippen LogP contribution in [0, 0.1) is 36.5 Å². The first kappa shape index (κ1) is 22.5. The van der Waals surface area contributed by atoms with Crippen molar-refractivity contribution in [1.29, 1.82) is 10.5 Å². The van der Waals surface area contributed by atoms with E-state index in [0.717, 1.165) is 35.0 Å². The number of imidazole rings is 2. The molecule has 0 N–H and O–H groups in total. The van der Waals surface area contributed by atoms with Gasteiger partial charge in [-0.05, 0) is 52.2 Å². The summed E-state index contributed by atoms with van der Waals surface area (Å²) in [6, 6.07) is 19.4. The highest BCUT2D eigenvalue weighted by Crippen LogP contribution is 2.19. The lowest BCUT2D eigenvalue weighted by atomic mass is 10.2. The van der Waals surface area contributed by atoms with Crippen LogP contribution < -0.4 is 0 Å². The molecule has 4 aromatic rings. The number of nitrogens with zero attached hydrogens (tertiary/aromatic N) is 7. The molecule has 0 amide bonds. The Balaban J connectivity index is 0.000000186. The number of nitriles is 2. The molecule has 2 aromatic heterocycles. The molecule has 0 aliphatic heterocycles. The number of benzene rings is 2. The SMILES string of the molecule is Cc1cn(-c2ccccc2C#N)cn1.Cc1ncn(-c2ccccc2C#N)c1CN(C)C. The Labute approximate surface area is 188 Å². The van der Waals surface area contributed by atoms with Crippen molar-refractivity contribution in [2.24, 2.45) is 0 Å². The maximum absolute atomic E-state index is 9.17. The van der Waals surface area contributed by atoms with Gasteiger partial charge in [0.1, 0.15) is 12.1 Å². The van der Waals surface area contributed by atoms with Crippen molar-refractivity contribution in [2.45, 2.75) is 20.4 Å². The molecule has 2 aromatic carbocycles. The molecule has 0 radical (unpaired) electrons. The lowest BCUT2D eigenvalue weighted by Gasteiger charge is -2.14. The fourth-order valence-corrected chi connectivity index (χ4v) is 3.29. The molecule has 2 heterocycles. The molecule has 7 nitrogen and oxygen atoms in total. The van der Waals surface area contributed by atoms with Gasteiger partial charge in [0.15, 0.2) is 0 Å². The van der Waals surface area contributed by atoms with E-state index in [1.54, 1.807) is 18.7 Å². The van der Waals surface area contributed by atoms with Crippen LogP contribution in [0.15, 0.2) is 67.4 Å². The summed E-state index contributed by atoms with van der Waals surface area (Å²) < 4.78 is 3.85. The van der Waals surface area contributed by atoms with Gasteiger partial charge in [-0.2, -0.15) is 10.5 Å². The summed E-state index contributed by atoms with van der Waals surface area (Å²) in [6.45, 7) is 4.71. The third-order valence-corrected chi connectivity index (χ3v) is 4.84. The Morgan fingerprint density at radius 3 is 2.00 bits per heavy atom.